The van der Waals surface area contributed by atoms with Crippen LogP contribution in [0.2, 0.25) is 0 Å². The minimum atomic E-state index is -0.322. The Morgan fingerprint density at radius 1 is 1.47 bits per heavy atom. The molecule has 0 unspecified atom stereocenters. The third kappa shape index (κ3) is 4.24. The predicted molar refractivity (Wildman–Crippen MR) is 82.6 cm³/mol. The van der Waals surface area contributed by atoms with Crippen molar-refractivity contribution in [1.29, 1.82) is 0 Å². The number of halogens is 1. The molecular weight excluding hydrogens is 308 g/mol. The minimum absolute atomic E-state index is 0.0378. The molecule has 0 aromatic heterocycles. The molecule has 0 heterocycles. The Hall–Kier alpha value is -1.56. The molecule has 1 rings (SSSR count). The molecule has 0 saturated carbocycles. The van der Waals surface area contributed by atoms with Crippen LogP contribution in [0.15, 0.2) is 27.7 Å². The summed E-state index contributed by atoms with van der Waals surface area (Å²) < 4.78 is 0.851. The lowest BCUT2D eigenvalue weighted by Gasteiger charge is -2.21. The molecule has 5 nitrogen and oxygen atoms in total. The van der Waals surface area contributed by atoms with Gasteiger partial charge in [-0.05, 0) is 48.3 Å². The number of para-hydroxylation sites is 1. The van der Waals surface area contributed by atoms with Gasteiger partial charge in [0.25, 0.3) is 0 Å². The standard InChI is InChI=1S/C13H19BrN4O/c1-8(2)16-12(15)17-13(19)18(4)11-9(3)6-5-7-10(11)14/h5-8H,1-4H3,(H3,15,16,17,19). The molecule has 104 valence electrons. The zero-order chi connectivity index (χ0) is 14.6. The summed E-state index contributed by atoms with van der Waals surface area (Å²) in [7, 11) is 1.69. The van der Waals surface area contributed by atoms with E-state index in [-0.39, 0.29) is 18.0 Å². The number of carbonyl (C=O) groups is 1. The number of nitrogens with one attached hydrogen (secondary N) is 1. The minimum Gasteiger partial charge on any atom is -0.370 e. The lowest BCUT2D eigenvalue weighted by molar-refractivity contribution is 0.251. The molecule has 0 atom stereocenters. The third-order valence-electron chi connectivity index (χ3n) is 2.46. The van der Waals surface area contributed by atoms with Crippen LogP contribution in [0.1, 0.15) is 19.4 Å². The van der Waals surface area contributed by atoms with Crippen molar-refractivity contribution in [1.82, 2.24) is 5.32 Å². The number of rotatable bonds is 2. The first kappa shape index (κ1) is 15.5. The maximum atomic E-state index is 12.1. The number of aliphatic imine (C=N–C) groups is 1. The first-order valence-electron chi connectivity index (χ1n) is 5.96. The van der Waals surface area contributed by atoms with Gasteiger partial charge in [-0.25, -0.2) is 4.79 Å². The number of guanidine groups is 1. The Kier molecular flexibility index (Phi) is 5.35. The van der Waals surface area contributed by atoms with Gasteiger partial charge in [0, 0.05) is 17.6 Å². The highest BCUT2D eigenvalue weighted by Crippen LogP contribution is 2.28. The van der Waals surface area contributed by atoms with Gasteiger partial charge in [0.05, 0.1) is 5.69 Å². The number of urea groups is 1. The summed E-state index contributed by atoms with van der Waals surface area (Å²) in [6.07, 6.45) is 0. The van der Waals surface area contributed by atoms with Crippen LogP contribution in [0.4, 0.5) is 10.5 Å². The Morgan fingerprint density at radius 2 is 2.11 bits per heavy atom. The van der Waals surface area contributed by atoms with Crippen LogP contribution in [0.3, 0.4) is 0 Å². The Morgan fingerprint density at radius 3 is 2.63 bits per heavy atom. The van der Waals surface area contributed by atoms with Gasteiger partial charge in [-0.2, -0.15) is 0 Å². The zero-order valence-corrected chi connectivity index (χ0v) is 13.2. The van der Waals surface area contributed by atoms with Crippen molar-refractivity contribution in [2.24, 2.45) is 10.7 Å². The highest BCUT2D eigenvalue weighted by molar-refractivity contribution is 9.10. The molecule has 1 aromatic carbocycles. The van der Waals surface area contributed by atoms with E-state index in [0.29, 0.717) is 0 Å². The smallest absolute Gasteiger partial charge is 0.328 e. The molecule has 0 saturated heterocycles. The van der Waals surface area contributed by atoms with Crippen molar-refractivity contribution in [3.05, 3.63) is 28.2 Å². The van der Waals surface area contributed by atoms with E-state index in [4.69, 9.17) is 5.73 Å². The van der Waals surface area contributed by atoms with E-state index >= 15 is 0 Å². The van der Waals surface area contributed by atoms with Crippen molar-refractivity contribution in [2.75, 3.05) is 11.9 Å². The molecule has 19 heavy (non-hydrogen) atoms. The molecule has 0 aliphatic heterocycles. The fourth-order valence-corrected chi connectivity index (χ4v) is 2.38. The highest BCUT2D eigenvalue weighted by atomic mass is 79.9. The molecule has 0 aliphatic carbocycles. The second kappa shape index (κ2) is 6.56. The van der Waals surface area contributed by atoms with Gasteiger partial charge in [0.1, 0.15) is 0 Å². The zero-order valence-electron chi connectivity index (χ0n) is 11.6. The van der Waals surface area contributed by atoms with Crippen molar-refractivity contribution in [3.8, 4) is 0 Å². The quantitative estimate of drug-likeness (QED) is 0.647. The maximum Gasteiger partial charge on any atom is 0.328 e. The molecule has 0 fully saturated rings. The summed E-state index contributed by atoms with van der Waals surface area (Å²) in [5.74, 6) is 0.122. The fourth-order valence-electron chi connectivity index (χ4n) is 1.65. The number of aryl methyl sites for hydroxylation is 1. The van der Waals surface area contributed by atoms with Gasteiger partial charge in [0.2, 0.25) is 0 Å². The van der Waals surface area contributed by atoms with E-state index in [1.54, 1.807) is 7.05 Å². The van der Waals surface area contributed by atoms with Crippen molar-refractivity contribution < 1.29 is 4.79 Å². The summed E-state index contributed by atoms with van der Waals surface area (Å²) in [5, 5.41) is 2.56. The van der Waals surface area contributed by atoms with Gasteiger partial charge >= 0.3 is 6.03 Å². The number of hydrogen-bond donors (Lipinski definition) is 2. The van der Waals surface area contributed by atoms with Crippen LogP contribution >= 0.6 is 15.9 Å². The van der Waals surface area contributed by atoms with Crippen molar-refractivity contribution in [2.45, 2.75) is 26.8 Å². The van der Waals surface area contributed by atoms with E-state index < -0.39 is 0 Å². The van der Waals surface area contributed by atoms with Crippen LogP contribution < -0.4 is 16.0 Å². The first-order chi connectivity index (χ1) is 8.82. The van der Waals surface area contributed by atoms with Gasteiger partial charge in [0.15, 0.2) is 5.96 Å². The first-order valence-corrected chi connectivity index (χ1v) is 6.75. The number of anilines is 1. The number of carbonyl (C=O) groups excluding carboxylic acids is 1. The molecule has 1 aromatic rings. The number of nitrogens with zero attached hydrogens (tertiary/aromatic N) is 2. The van der Waals surface area contributed by atoms with Gasteiger partial charge in [-0.15, -0.1) is 0 Å². The number of amides is 2. The summed E-state index contributed by atoms with van der Waals surface area (Å²) in [6.45, 7) is 5.72. The molecule has 6 heteroatoms. The van der Waals surface area contributed by atoms with E-state index in [9.17, 15) is 4.79 Å². The second-order valence-corrected chi connectivity index (χ2v) is 5.36. The van der Waals surface area contributed by atoms with Gasteiger partial charge < -0.3 is 5.73 Å². The second-order valence-electron chi connectivity index (χ2n) is 4.50. The van der Waals surface area contributed by atoms with E-state index in [2.05, 4.69) is 26.2 Å². The van der Waals surface area contributed by atoms with Gasteiger partial charge in [-0.3, -0.25) is 15.2 Å². The van der Waals surface area contributed by atoms with Crippen LogP contribution in [0, 0.1) is 6.92 Å². The Balaban J connectivity index is 2.89. The monoisotopic (exact) mass is 326 g/mol. The van der Waals surface area contributed by atoms with Crippen molar-refractivity contribution in [3.63, 3.8) is 0 Å². The average molecular weight is 327 g/mol. The number of benzene rings is 1. The number of nitrogens with two attached hydrogens (primary N) is 1. The van der Waals surface area contributed by atoms with Gasteiger partial charge in [-0.1, -0.05) is 12.1 Å². The van der Waals surface area contributed by atoms with Crippen LogP contribution in [-0.4, -0.2) is 25.1 Å². The number of hydrogen-bond acceptors (Lipinski definition) is 2. The molecule has 0 bridgehead atoms. The lowest BCUT2D eigenvalue weighted by atomic mass is 10.2. The molecule has 2 amide bonds. The highest BCUT2D eigenvalue weighted by Gasteiger charge is 2.16. The summed E-state index contributed by atoms with van der Waals surface area (Å²) in [5.41, 5.74) is 7.44. The summed E-state index contributed by atoms with van der Waals surface area (Å²) in [6, 6.07) is 5.46. The van der Waals surface area contributed by atoms with Crippen LogP contribution in [0.5, 0.6) is 0 Å². The summed E-state index contributed by atoms with van der Waals surface area (Å²) >= 11 is 3.44. The largest absolute Gasteiger partial charge is 0.370 e. The van der Waals surface area contributed by atoms with Crippen molar-refractivity contribution >= 4 is 33.6 Å². The predicted octanol–water partition coefficient (Wildman–Crippen LogP) is 2.63. The van der Waals surface area contributed by atoms with Crippen LogP contribution in [0.25, 0.3) is 0 Å². The maximum absolute atomic E-state index is 12.1. The average Bonchev–Trinajstić information content (AvgIpc) is 2.26. The molecule has 0 aliphatic rings. The topological polar surface area (TPSA) is 70.7 Å². The molecule has 0 spiro atoms. The van der Waals surface area contributed by atoms with Crippen LogP contribution in [-0.2, 0) is 0 Å². The third-order valence-corrected chi connectivity index (χ3v) is 3.10. The Labute approximate surface area is 122 Å². The van der Waals surface area contributed by atoms with E-state index in [0.717, 1.165) is 15.7 Å². The lowest BCUT2D eigenvalue weighted by Crippen LogP contribution is -2.45. The Bertz CT molecular complexity index is 479. The molecule has 0 radical (unpaired) electrons. The fraction of sp³-hybridized carbons (Fsp3) is 0.385. The van der Waals surface area contributed by atoms with E-state index in [1.165, 1.54) is 4.90 Å². The molecule has 3 N–H and O–H groups in total. The normalized spacial score (nSPS) is 11.6. The summed E-state index contributed by atoms with van der Waals surface area (Å²) in [4.78, 5) is 17.6. The molecular formula is C13H19BrN4O. The van der Waals surface area contributed by atoms with E-state index in [1.807, 2.05) is 39.0 Å². The SMILES string of the molecule is Cc1cccc(Br)c1N(C)C(=O)NC(N)=NC(C)C.